The standard InChI is InChI=1S/C26H36N2O4/c1-17(2)26(12-6-7-24(30)27(3)4)21-14-20(29)11-10-19(21)13-23(22(26)15-25(31)32)28(5)16-18-8-9-18/h10-11,14-15,18,23,29H,1,6-9,12-13,16H2,2-5H3,(H,31,32)/b22-15+/t23-,26+/m1/s1. The Hall–Kier alpha value is -2.60. The van der Waals surface area contributed by atoms with Crippen molar-refractivity contribution < 1.29 is 19.8 Å². The van der Waals surface area contributed by atoms with Crippen LogP contribution in [0.1, 0.15) is 50.2 Å². The molecule has 6 heteroatoms. The number of nitrogens with zero attached hydrogens (tertiary/aromatic N) is 2. The Balaban J connectivity index is 2.12. The van der Waals surface area contributed by atoms with Crippen LogP contribution in [-0.2, 0) is 21.4 Å². The van der Waals surface area contributed by atoms with Crippen molar-refractivity contribution in [2.75, 3.05) is 27.7 Å². The molecule has 0 heterocycles. The zero-order valence-electron chi connectivity index (χ0n) is 19.7. The molecule has 2 N–H and O–H groups in total. The first kappa shape index (κ1) is 24.1. The van der Waals surface area contributed by atoms with Gasteiger partial charge in [0.05, 0.1) is 0 Å². The highest BCUT2D eigenvalue weighted by Gasteiger charge is 2.47. The number of phenols is 1. The number of likely N-dealkylation sites (N-methyl/N-ethyl adjacent to an activating group) is 1. The predicted octanol–water partition coefficient (Wildman–Crippen LogP) is 3.74. The van der Waals surface area contributed by atoms with Crippen molar-refractivity contribution in [3.05, 3.63) is 53.1 Å². The molecular formula is C26H36N2O4. The van der Waals surface area contributed by atoms with Crippen LogP contribution in [0.3, 0.4) is 0 Å². The number of amides is 1. The number of benzene rings is 1. The van der Waals surface area contributed by atoms with E-state index in [1.165, 1.54) is 18.9 Å². The van der Waals surface area contributed by atoms with Crippen molar-refractivity contribution in [2.45, 2.75) is 56.9 Å². The minimum atomic E-state index is -0.983. The van der Waals surface area contributed by atoms with Crippen molar-refractivity contribution in [2.24, 2.45) is 5.92 Å². The molecule has 2 aliphatic carbocycles. The first-order chi connectivity index (χ1) is 15.1. The minimum Gasteiger partial charge on any atom is -0.508 e. The second kappa shape index (κ2) is 9.49. The lowest BCUT2D eigenvalue weighted by atomic mass is 9.59. The van der Waals surface area contributed by atoms with Gasteiger partial charge < -0.3 is 15.1 Å². The average Bonchev–Trinajstić information content (AvgIpc) is 3.52. The van der Waals surface area contributed by atoms with Gasteiger partial charge >= 0.3 is 5.97 Å². The van der Waals surface area contributed by atoms with E-state index in [1.807, 2.05) is 13.0 Å². The lowest BCUT2D eigenvalue weighted by molar-refractivity contribution is -0.131. The lowest BCUT2D eigenvalue weighted by Gasteiger charge is -2.48. The zero-order valence-corrected chi connectivity index (χ0v) is 19.7. The molecule has 1 aromatic rings. The molecule has 1 fully saturated rings. The highest BCUT2D eigenvalue weighted by molar-refractivity contribution is 5.82. The quantitative estimate of drug-likeness (QED) is 0.452. The van der Waals surface area contributed by atoms with Crippen LogP contribution in [0, 0.1) is 5.92 Å². The molecule has 174 valence electrons. The number of hydrogen-bond donors (Lipinski definition) is 2. The third-order valence-corrected chi connectivity index (χ3v) is 7.04. The van der Waals surface area contributed by atoms with Crippen molar-refractivity contribution in [3.63, 3.8) is 0 Å². The fraction of sp³-hybridized carbons (Fsp3) is 0.538. The fourth-order valence-corrected chi connectivity index (χ4v) is 5.18. The molecular weight excluding hydrogens is 404 g/mol. The maximum Gasteiger partial charge on any atom is 0.328 e. The number of carboxylic acids is 1. The van der Waals surface area contributed by atoms with E-state index in [0.717, 1.165) is 28.8 Å². The topological polar surface area (TPSA) is 81.1 Å². The van der Waals surface area contributed by atoms with Gasteiger partial charge in [0.15, 0.2) is 0 Å². The van der Waals surface area contributed by atoms with E-state index in [0.29, 0.717) is 31.6 Å². The van der Waals surface area contributed by atoms with Gasteiger partial charge in [0.25, 0.3) is 0 Å². The summed E-state index contributed by atoms with van der Waals surface area (Å²) in [6.45, 7) is 7.17. The van der Waals surface area contributed by atoms with E-state index in [9.17, 15) is 19.8 Å². The molecule has 3 rings (SSSR count). The molecule has 0 unspecified atom stereocenters. The van der Waals surface area contributed by atoms with Gasteiger partial charge in [0.2, 0.25) is 5.91 Å². The molecule has 0 aliphatic heterocycles. The van der Waals surface area contributed by atoms with Crippen LogP contribution >= 0.6 is 0 Å². The van der Waals surface area contributed by atoms with Crippen LogP contribution in [0.4, 0.5) is 0 Å². The number of hydrogen-bond acceptors (Lipinski definition) is 4. The molecule has 6 nitrogen and oxygen atoms in total. The molecule has 2 aliphatic rings. The molecule has 0 bridgehead atoms. The molecule has 0 spiro atoms. The zero-order chi connectivity index (χ0) is 23.6. The van der Waals surface area contributed by atoms with Crippen molar-refractivity contribution in [1.82, 2.24) is 9.80 Å². The average molecular weight is 441 g/mol. The van der Waals surface area contributed by atoms with E-state index < -0.39 is 11.4 Å². The Morgan fingerprint density at radius 2 is 1.94 bits per heavy atom. The fourth-order valence-electron chi connectivity index (χ4n) is 5.18. The summed E-state index contributed by atoms with van der Waals surface area (Å²) in [6.07, 6.45) is 6.00. The van der Waals surface area contributed by atoms with Gasteiger partial charge in [0.1, 0.15) is 5.75 Å². The Morgan fingerprint density at radius 3 is 2.50 bits per heavy atom. The van der Waals surface area contributed by atoms with E-state index in [4.69, 9.17) is 0 Å². The summed E-state index contributed by atoms with van der Waals surface area (Å²) in [5, 5.41) is 20.2. The van der Waals surface area contributed by atoms with Gasteiger partial charge in [-0.25, -0.2) is 4.79 Å². The summed E-state index contributed by atoms with van der Waals surface area (Å²) in [7, 11) is 5.55. The second-order valence-electron chi connectivity index (χ2n) is 9.71. The summed E-state index contributed by atoms with van der Waals surface area (Å²) < 4.78 is 0. The van der Waals surface area contributed by atoms with E-state index in [1.54, 1.807) is 31.1 Å². The summed E-state index contributed by atoms with van der Waals surface area (Å²) >= 11 is 0. The van der Waals surface area contributed by atoms with Crippen LogP contribution in [0.15, 0.2) is 42.0 Å². The molecule has 0 radical (unpaired) electrons. The Bertz CT molecular complexity index is 932. The van der Waals surface area contributed by atoms with Crippen LogP contribution in [0.5, 0.6) is 5.75 Å². The smallest absolute Gasteiger partial charge is 0.328 e. The highest BCUT2D eigenvalue weighted by atomic mass is 16.4. The number of fused-ring (bicyclic) bond motifs is 1. The number of rotatable bonds is 9. The monoisotopic (exact) mass is 440 g/mol. The first-order valence-corrected chi connectivity index (χ1v) is 11.4. The SMILES string of the molecule is C=C(C)[C@]1(CCCC(=O)N(C)C)/C(=C/C(=O)O)[C@H](N(C)CC2CC2)Cc2ccc(O)cc21. The van der Waals surface area contributed by atoms with Gasteiger partial charge in [0, 0.05) is 44.6 Å². The predicted molar refractivity (Wildman–Crippen MR) is 126 cm³/mol. The molecule has 1 saturated carbocycles. The third-order valence-electron chi connectivity index (χ3n) is 7.04. The number of carbonyl (C=O) groups excluding carboxylic acids is 1. The van der Waals surface area contributed by atoms with E-state index in [2.05, 4.69) is 18.5 Å². The molecule has 1 aromatic carbocycles. The van der Waals surface area contributed by atoms with Crippen molar-refractivity contribution >= 4 is 11.9 Å². The number of allylic oxidation sites excluding steroid dienone is 1. The number of carbonyl (C=O) groups is 2. The maximum absolute atomic E-state index is 12.3. The van der Waals surface area contributed by atoms with Crippen molar-refractivity contribution in [1.29, 1.82) is 0 Å². The second-order valence-corrected chi connectivity index (χ2v) is 9.71. The number of aliphatic carboxylic acids is 1. The van der Waals surface area contributed by atoms with Crippen LogP contribution in [-0.4, -0.2) is 65.6 Å². The molecule has 2 atom stereocenters. The van der Waals surface area contributed by atoms with Gasteiger partial charge in [-0.05, 0) is 80.8 Å². The normalized spacial score (nSPS) is 23.8. The molecule has 1 amide bonds. The summed E-state index contributed by atoms with van der Waals surface area (Å²) in [4.78, 5) is 28.1. The Morgan fingerprint density at radius 1 is 1.25 bits per heavy atom. The first-order valence-electron chi connectivity index (χ1n) is 11.4. The van der Waals surface area contributed by atoms with E-state index >= 15 is 0 Å². The van der Waals surface area contributed by atoms with Crippen LogP contribution in [0.2, 0.25) is 0 Å². The summed E-state index contributed by atoms with van der Waals surface area (Å²) in [5.74, 6) is -0.120. The van der Waals surface area contributed by atoms with Crippen molar-refractivity contribution in [3.8, 4) is 5.75 Å². The van der Waals surface area contributed by atoms with Crippen LogP contribution in [0.25, 0.3) is 0 Å². The number of phenolic OH excluding ortho intramolecular Hbond substituents is 1. The third kappa shape index (κ3) is 4.90. The number of carboxylic acid groups (broad SMARTS) is 1. The molecule has 0 aromatic heterocycles. The van der Waals surface area contributed by atoms with E-state index in [-0.39, 0.29) is 17.7 Å². The highest BCUT2D eigenvalue weighted by Crippen LogP contribution is 2.51. The maximum atomic E-state index is 12.3. The van der Waals surface area contributed by atoms with Gasteiger partial charge in [-0.1, -0.05) is 18.2 Å². The van der Waals surface area contributed by atoms with Gasteiger partial charge in [-0.3, -0.25) is 9.69 Å². The summed E-state index contributed by atoms with van der Waals surface area (Å²) in [6, 6.07) is 5.32. The lowest BCUT2D eigenvalue weighted by Crippen LogP contribution is -2.49. The Kier molecular flexibility index (Phi) is 7.13. The minimum absolute atomic E-state index is 0.0416. The molecule has 0 saturated heterocycles. The summed E-state index contributed by atoms with van der Waals surface area (Å²) in [5.41, 5.74) is 2.89. The van der Waals surface area contributed by atoms with Gasteiger partial charge in [-0.15, -0.1) is 0 Å². The largest absolute Gasteiger partial charge is 0.508 e. The number of aromatic hydroxyl groups is 1. The van der Waals surface area contributed by atoms with Crippen LogP contribution < -0.4 is 0 Å². The molecule has 32 heavy (non-hydrogen) atoms. The Labute approximate surface area is 191 Å². The van der Waals surface area contributed by atoms with Gasteiger partial charge in [-0.2, -0.15) is 0 Å².